The van der Waals surface area contributed by atoms with E-state index in [1.807, 2.05) is 32.0 Å². The summed E-state index contributed by atoms with van der Waals surface area (Å²) in [6, 6.07) is 20.2. The maximum absolute atomic E-state index is 12.9. The number of hydrazine groups is 1. The molecule has 34 heavy (non-hydrogen) atoms. The van der Waals surface area contributed by atoms with Gasteiger partial charge in [-0.1, -0.05) is 24.3 Å². The number of nitrogens with one attached hydrogen (secondary N) is 1. The van der Waals surface area contributed by atoms with E-state index >= 15 is 0 Å². The lowest BCUT2D eigenvalue weighted by Crippen LogP contribution is -2.35. The van der Waals surface area contributed by atoms with Crippen molar-refractivity contribution in [3.05, 3.63) is 89.0 Å². The van der Waals surface area contributed by atoms with Crippen molar-refractivity contribution in [3.63, 3.8) is 0 Å². The van der Waals surface area contributed by atoms with E-state index in [0.29, 0.717) is 29.4 Å². The van der Waals surface area contributed by atoms with Crippen LogP contribution < -0.4 is 24.6 Å². The topological polar surface area (TPSA) is 77.1 Å². The number of aryl methyl sites for hydroxylation is 2. The molecule has 0 aromatic heterocycles. The minimum Gasteiger partial charge on any atom is -0.497 e. The molecular weight excluding hydrogens is 432 g/mol. The minimum atomic E-state index is -0.485. The van der Waals surface area contributed by atoms with Gasteiger partial charge in [-0.2, -0.15) is 0 Å². The van der Waals surface area contributed by atoms with E-state index in [0.717, 1.165) is 16.9 Å². The quantitative estimate of drug-likeness (QED) is 0.311. The van der Waals surface area contributed by atoms with Gasteiger partial charge in [-0.15, -0.1) is 0 Å². The van der Waals surface area contributed by atoms with Gasteiger partial charge in [0, 0.05) is 5.56 Å². The molecule has 4 rings (SSSR count). The second kappa shape index (κ2) is 10.1. The number of anilines is 1. The Morgan fingerprint density at radius 2 is 1.56 bits per heavy atom. The highest BCUT2D eigenvalue weighted by atomic mass is 16.5. The average molecular weight is 459 g/mol. The van der Waals surface area contributed by atoms with Gasteiger partial charge >= 0.3 is 0 Å². The number of carbonyl (C=O) groups excluding carboxylic acids is 2. The van der Waals surface area contributed by atoms with Crippen LogP contribution >= 0.6 is 0 Å². The maximum atomic E-state index is 12.9. The number of ether oxygens (including phenoxy) is 3. The smallest absolute Gasteiger partial charge is 0.282 e. The van der Waals surface area contributed by atoms with Crippen molar-refractivity contribution >= 4 is 23.6 Å². The Morgan fingerprint density at radius 3 is 2.26 bits per heavy atom. The molecule has 1 heterocycles. The van der Waals surface area contributed by atoms with Crippen molar-refractivity contribution < 1.29 is 23.8 Å². The summed E-state index contributed by atoms with van der Waals surface area (Å²) in [7, 11) is 1.55. The first-order chi connectivity index (χ1) is 16.4. The van der Waals surface area contributed by atoms with Crippen molar-refractivity contribution in [2.45, 2.75) is 13.8 Å². The van der Waals surface area contributed by atoms with E-state index in [-0.39, 0.29) is 12.2 Å². The fourth-order valence-corrected chi connectivity index (χ4v) is 3.70. The van der Waals surface area contributed by atoms with Crippen molar-refractivity contribution in [1.82, 2.24) is 5.43 Å². The Kier molecular flexibility index (Phi) is 6.82. The molecule has 0 bridgehead atoms. The van der Waals surface area contributed by atoms with Gasteiger partial charge < -0.3 is 14.2 Å². The third kappa shape index (κ3) is 5.20. The van der Waals surface area contributed by atoms with Crippen LogP contribution in [0.5, 0.6) is 17.2 Å². The predicted octanol–water partition coefficient (Wildman–Crippen LogP) is 4.23. The maximum Gasteiger partial charge on any atom is 0.282 e. The third-order valence-corrected chi connectivity index (χ3v) is 5.23. The summed E-state index contributed by atoms with van der Waals surface area (Å²) in [5.74, 6) is 0.948. The highest BCUT2D eigenvalue weighted by Crippen LogP contribution is 2.29. The molecule has 1 aliphatic heterocycles. The number of rotatable bonds is 8. The summed E-state index contributed by atoms with van der Waals surface area (Å²) in [5.41, 5.74) is 6.00. The highest BCUT2D eigenvalue weighted by molar-refractivity contribution is 6.31. The molecule has 3 aromatic rings. The number of methoxy groups -OCH3 is 1. The standard InChI is InChI=1S/C27H26N2O5/c1-18-13-19(2)15-23(14-18)33-11-12-34-25-10-9-22(32-3)16-20(25)17-24-26(30)28-29(27(24)31)21-7-5-4-6-8-21/h4-10,13-17H,11-12H2,1-3H3,(H,28,30)/b24-17+. The van der Waals surface area contributed by atoms with Gasteiger partial charge in [0.2, 0.25) is 0 Å². The first kappa shape index (κ1) is 22.9. The highest BCUT2D eigenvalue weighted by Gasteiger charge is 2.34. The Bertz CT molecular complexity index is 1220. The first-order valence-corrected chi connectivity index (χ1v) is 10.9. The Hall–Kier alpha value is -4.26. The Balaban J connectivity index is 1.50. The minimum absolute atomic E-state index is 0.00782. The summed E-state index contributed by atoms with van der Waals surface area (Å²) in [4.78, 5) is 25.5. The molecule has 0 spiro atoms. The zero-order chi connectivity index (χ0) is 24.1. The fraction of sp³-hybridized carbons (Fsp3) is 0.185. The van der Waals surface area contributed by atoms with Gasteiger partial charge in [0.1, 0.15) is 36.0 Å². The molecule has 0 radical (unpaired) electrons. The lowest BCUT2D eigenvalue weighted by molar-refractivity contribution is -0.117. The molecule has 7 heteroatoms. The van der Waals surface area contributed by atoms with Crippen LogP contribution in [0.2, 0.25) is 0 Å². The van der Waals surface area contributed by atoms with Crippen LogP contribution in [-0.4, -0.2) is 32.1 Å². The number of carbonyl (C=O) groups is 2. The van der Waals surface area contributed by atoms with Crippen LogP contribution in [0.3, 0.4) is 0 Å². The van der Waals surface area contributed by atoms with Gasteiger partial charge in [-0.05, 0) is 73.5 Å². The van der Waals surface area contributed by atoms with Crippen molar-refractivity contribution in [1.29, 1.82) is 0 Å². The molecule has 0 unspecified atom stereocenters. The molecule has 0 aliphatic carbocycles. The molecule has 174 valence electrons. The van der Waals surface area contributed by atoms with E-state index < -0.39 is 11.8 Å². The molecule has 2 amide bonds. The summed E-state index contributed by atoms with van der Waals surface area (Å²) in [6.07, 6.45) is 1.52. The van der Waals surface area contributed by atoms with Crippen LogP contribution in [-0.2, 0) is 9.59 Å². The van der Waals surface area contributed by atoms with E-state index in [1.54, 1.807) is 49.6 Å². The second-order valence-electron chi connectivity index (χ2n) is 7.90. The fourth-order valence-electron chi connectivity index (χ4n) is 3.70. The molecule has 7 nitrogen and oxygen atoms in total. The normalized spacial score (nSPS) is 14.3. The lowest BCUT2D eigenvalue weighted by atomic mass is 10.1. The van der Waals surface area contributed by atoms with Crippen LogP contribution in [0.1, 0.15) is 16.7 Å². The van der Waals surface area contributed by atoms with Crippen LogP contribution in [0.15, 0.2) is 72.3 Å². The Morgan fingerprint density at radius 1 is 0.853 bits per heavy atom. The molecular formula is C27H26N2O5. The largest absolute Gasteiger partial charge is 0.497 e. The molecule has 0 saturated carbocycles. The molecule has 0 atom stereocenters. The van der Waals surface area contributed by atoms with Crippen molar-refractivity contribution in [2.24, 2.45) is 0 Å². The van der Waals surface area contributed by atoms with E-state index in [1.165, 1.54) is 11.1 Å². The SMILES string of the molecule is COc1ccc(OCCOc2cc(C)cc(C)c2)c(/C=C2\C(=O)NN(c3ccccc3)C2=O)c1. The lowest BCUT2D eigenvalue weighted by Gasteiger charge is -2.14. The van der Waals surface area contributed by atoms with E-state index in [9.17, 15) is 9.59 Å². The summed E-state index contributed by atoms with van der Waals surface area (Å²) in [6.45, 7) is 4.66. The first-order valence-electron chi connectivity index (χ1n) is 10.9. The zero-order valence-corrected chi connectivity index (χ0v) is 19.3. The Labute approximate surface area is 198 Å². The number of hydrogen-bond acceptors (Lipinski definition) is 5. The van der Waals surface area contributed by atoms with Crippen LogP contribution in [0, 0.1) is 13.8 Å². The number of hydrogen-bond donors (Lipinski definition) is 1. The van der Waals surface area contributed by atoms with Crippen molar-refractivity contribution in [3.8, 4) is 17.2 Å². The number of para-hydroxylation sites is 1. The van der Waals surface area contributed by atoms with Gasteiger partial charge in [0.15, 0.2) is 0 Å². The summed E-state index contributed by atoms with van der Waals surface area (Å²) < 4.78 is 17.1. The predicted molar refractivity (Wildman–Crippen MR) is 130 cm³/mol. The second-order valence-corrected chi connectivity index (χ2v) is 7.90. The van der Waals surface area contributed by atoms with E-state index in [4.69, 9.17) is 14.2 Å². The number of benzene rings is 3. The molecule has 1 aliphatic rings. The average Bonchev–Trinajstić information content (AvgIpc) is 3.11. The van der Waals surface area contributed by atoms with Gasteiger partial charge in [-0.25, -0.2) is 5.01 Å². The molecule has 1 N–H and O–H groups in total. The van der Waals surface area contributed by atoms with Gasteiger partial charge in [-0.3, -0.25) is 15.0 Å². The van der Waals surface area contributed by atoms with Crippen LogP contribution in [0.25, 0.3) is 6.08 Å². The van der Waals surface area contributed by atoms with Crippen molar-refractivity contribution in [2.75, 3.05) is 25.3 Å². The molecule has 1 saturated heterocycles. The van der Waals surface area contributed by atoms with Gasteiger partial charge in [0.05, 0.1) is 12.8 Å². The van der Waals surface area contributed by atoms with Crippen LogP contribution in [0.4, 0.5) is 5.69 Å². The number of nitrogens with zero attached hydrogens (tertiary/aromatic N) is 1. The zero-order valence-electron chi connectivity index (χ0n) is 19.3. The molecule has 1 fully saturated rings. The summed E-state index contributed by atoms with van der Waals surface area (Å²) >= 11 is 0. The van der Waals surface area contributed by atoms with Gasteiger partial charge in [0.25, 0.3) is 11.8 Å². The number of amides is 2. The third-order valence-electron chi connectivity index (χ3n) is 5.23. The molecule has 3 aromatic carbocycles. The monoisotopic (exact) mass is 458 g/mol. The van der Waals surface area contributed by atoms with E-state index in [2.05, 4.69) is 11.5 Å². The summed E-state index contributed by atoms with van der Waals surface area (Å²) in [5, 5.41) is 1.23.